The number of rotatable bonds is 9. The van der Waals surface area contributed by atoms with E-state index in [0.29, 0.717) is 34.2 Å². The Kier molecular flexibility index (Phi) is 6.57. The number of pyridine rings is 1. The van der Waals surface area contributed by atoms with Gasteiger partial charge in [0.1, 0.15) is 11.6 Å². The third kappa shape index (κ3) is 4.69. The minimum Gasteiger partial charge on any atom is -0.504 e. The third-order valence-corrected chi connectivity index (χ3v) is 7.17. The second-order valence-electron chi connectivity index (χ2n) is 9.62. The molecule has 0 bridgehead atoms. The summed E-state index contributed by atoms with van der Waals surface area (Å²) in [5.41, 5.74) is 0.420. The van der Waals surface area contributed by atoms with Crippen molar-refractivity contribution in [2.24, 2.45) is 11.3 Å². The van der Waals surface area contributed by atoms with E-state index in [2.05, 4.69) is 4.98 Å². The van der Waals surface area contributed by atoms with Crippen molar-refractivity contribution in [3.05, 3.63) is 89.6 Å². The standard InChI is InChI=1S/C30H25F2NO5/c1-17-16-30(17,28(35)12-18-3-6-20(31)7-4-18)29(36)13-19-5-8-26(22(32)11-19)38-25-9-10-33-23-15-24(34)27(37-2)14-21(23)25/h3-11,14-15,17,34H,12-13,16H2,1-2H3/t17-,30+/m1/s1. The van der Waals surface area contributed by atoms with E-state index in [1.807, 2.05) is 6.92 Å². The van der Waals surface area contributed by atoms with Gasteiger partial charge in [-0.25, -0.2) is 8.78 Å². The summed E-state index contributed by atoms with van der Waals surface area (Å²) >= 11 is 0. The summed E-state index contributed by atoms with van der Waals surface area (Å²) in [5.74, 6) is -1.21. The maximum Gasteiger partial charge on any atom is 0.166 e. The average molecular weight is 518 g/mol. The highest BCUT2D eigenvalue weighted by Gasteiger charge is 2.61. The van der Waals surface area contributed by atoms with Crippen molar-refractivity contribution in [2.45, 2.75) is 26.2 Å². The number of hydrogen-bond donors (Lipinski definition) is 1. The highest BCUT2D eigenvalue weighted by Crippen LogP contribution is 2.54. The Morgan fingerprint density at radius 3 is 2.24 bits per heavy atom. The average Bonchev–Trinajstić information content (AvgIpc) is 3.59. The van der Waals surface area contributed by atoms with Gasteiger partial charge in [-0.3, -0.25) is 14.6 Å². The lowest BCUT2D eigenvalue weighted by molar-refractivity contribution is -0.134. The second-order valence-corrected chi connectivity index (χ2v) is 9.62. The van der Waals surface area contributed by atoms with Crippen molar-refractivity contribution in [3.8, 4) is 23.0 Å². The number of nitrogens with zero attached hydrogens (tertiary/aromatic N) is 1. The number of carbonyl (C=O) groups excluding carboxylic acids is 2. The Labute approximate surface area is 217 Å². The lowest BCUT2D eigenvalue weighted by atomic mass is 9.86. The van der Waals surface area contributed by atoms with Crippen LogP contribution in [0.4, 0.5) is 8.78 Å². The molecule has 6 nitrogen and oxygen atoms in total. The van der Waals surface area contributed by atoms with E-state index in [1.165, 1.54) is 55.8 Å². The Balaban J connectivity index is 1.32. The molecular formula is C30H25F2NO5. The number of fused-ring (bicyclic) bond motifs is 1. The molecule has 4 aromatic rings. The summed E-state index contributed by atoms with van der Waals surface area (Å²) in [5, 5.41) is 10.5. The van der Waals surface area contributed by atoms with Gasteiger partial charge in [0.05, 0.1) is 18.0 Å². The van der Waals surface area contributed by atoms with Gasteiger partial charge >= 0.3 is 0 Å². The fourth-order valence-electron chi connectivity index (χ4n) is 4.89. The number of benzene rings is 3. The van der Waals surface area contributed by atoms with Crippen molar-refractivity contribution in [2.75, 3.05) is 7.11 Å². The summed E-state index contributed by atoms with van der Waals surface area (Å²) in [7, 11) is 1.42. The van der Waals surface area contributed by atoms with Crippen LogP contribution in [0.15, 0.2) is 66.9 Å². The number of hydrogen-bond acceptors (Lipinski definition) is 6. The molecule has 1 saturated carbocycles. The Morgan fingerprint density at radius 2 is 1.61 bits per heavy atom. The number of ketones is 2. The smallest absolute Gasteiger partial charge is 0.166 e. The monoisotopic (exact) mass is 517 g/mol. The summed E-state index contributed by atoms with van der Waals surface area (Å²) in [6.45, 7) is 1.85. The Bertz CT molecular complexity index is 1550. The number of phenolic OH excluding ortho intramolecular Hbond substituents is 1. The zero-order valence-electron chi connectivity index (χ0n) is 20.8. The Hall–Kier alpha value is -4.33. The van der Waals surface area contributed by atoms with E-state index in [0.717, 1.165) is 0 Å². The molecule has 0 spiro atoms. The summed E-state index contributed by atoms with van der Waals surface area (Å²) in [6, 6.07) is 14.5. The molecule has 1 fully saturated rings. The molecule has 38 heavy (non-hydrogen) atoms. The first-order chi connectivity index (χ1) is 18.2. The number of aromatic nitrogens is 1. The first-order valence-corrected chi connectivity index (χ1v) is 12.1. The van der Waals surface area contributed by atoms with Gasteiger partial charge in [0, 0.05) is 30.5 Å². The van der Waals surface area contributed by atoms with Gasteiger partial charge in [0.15, 0.2) is 34.6 Å². The zero-order valence-corrected chi connectivity index (χ0v) is 20.8. The van der Waals surface area contributed by atoms with E-state index in [9.17, 15) is 19.1 Å². The summed E-state index contributed by atoms with van der Waals surface area (Å²) in [4.78, 5) is 30.5. The molecule has 0 radical (unpaired) electrons. The highest BCUT2D eigenvalue weighted by molar-refractivity contribution is 6.11. The summed E-state index contributed by atoms with van der Waals surface area (Å²) < 4.78 is 39.2. The van der Waals surface area contributed by atoms with Gasteiger partial charge in [-0.15, -0.1) is 0 Å². The van der Waals surface area contributed by atoms with Crippen molar-refractivity contribution < 1.29 is 33.0 Å². The molecule has 1 N–H and O–H groups in total. The maximum atomic E-state index is 15.0. The van der Waals surface area contributed by atoms with Crippen molar-refractivity contribution in [1.29, 1.82) is 0 Å². The molecular weight excluding hydrogens is 492 g/mol. The molecule has 0 amide bonds. The number of phenols is 1. The molecule has 0 unspecified atom stereocenters. The molecule has 5 rings (SSSR count). The van der Waals surface area contributed by atoms with E-state index >= 15 is 4.39 Å². The van der Waals surface area contributed by atoms with Crippen molar-refractivity contribution in [1.82, 2.24) is 4.98 Å². The summed E-state index contributed by atoms with van der Waals surface area (Å²) in [6.07, 6.45) is 1.88. The van der Waals surface area contributed by atoms with Crippen LogP contribution < -0.4 is 9.47 Å². The van der Waals surface area contributed by atoms with Crippen LogP contribution in [0.2, 0.25) is 0 Å². The minimum atomic E-state index is -1.10. The molecule has 1 aliphatic carbocycles. The lowest BCUT2D eigenvalue weighted by Crippen LogP contribution is -2.30. The predicted molar refractivity (Wildman–Crippen MR) is 136 cm³/mol. The first kappa shape index (κ1) is 25.3. The largest absolute Gasteiger partial charge is 0.504 e. The van der Waals surface area contributed by atoms with Gasteiger partial charge < -0.3 is 14.6 Å². The number of halogens is 2. The fourth-order valence-corrected chi connectivity index (χ4v) is 4.89. The molecule has 1 aromatic heterocycles. The first-order valence-electron chi connectivity index (χ1n) is 12.1. The van der Waals surface area contributed by atoms with Crippen LogP contribution in [0.25, 0.3) is 10.9 Å². The van der Waals surface area contributed by atoms with Gasteiger partial charge in [-0.1, -0.05) is 25.1 Å². The van der Waals surface area contributed by atoms with E-state index in [4.69, 9.17) is 9.47 Å². The maximum absolute atomic E-state index is 15.0. The van der Waals surface area contributed by atoms with Gasteiger partial charge in [-0.05, 0) is 59.9 Å². The van der Waals surface area contributed by atoms with E-state index in [-0.39, 0.29) is 47.6 Å². The third-order valence-electron chi connectivity index (χ3n) is 7.17. The van der Waals surface area contributed by atoms with Gasteiger partial charge in [-0.2, -0.15) is 0 Å². The number of methoxy groups -OCH3 is 1. The zero-order chi connectivity index (χ0) is 27.0. The Morgan fingerprint density at radius 1 is 0.947 bits per heavy atom. The minimum absolute atomic E-state index is 0.0416. The quantitative estimate of drug-likeness (QED) is 0.276. The van der Waals surface area contributed by atoms with Crippen LogP contribution in [-0.4, -0.2) is 28.8 Å². The predicted octanol–water partition coefficient (Wildman–Crippen LogP) is 5.97. The lowest BCUT2D eigenvalue weighted by Gasteiger charge is -2.15. The van der Waals surface area contributed by atoms with Crippen molar-refractivity contribution in [3.63, 3.8) is 0 Å². The molecule has 0 saturated heterocycles. The van der Waals surface area contributed by atoms with Crippen LogP contribution >= 0.6 is 0 Å². The molecule has 1 aliphatic rings. The van der Waals surface area contributed by atoms with Crippen LogP contribution in [0, 0.1) is 23.0 Å². The molecule has 8 heteroatoms. The van der Waals surface area contributed by atoms with Gasteiger partial charge in [0.25, 0.3) is 0 Å². The second kappa shape index (κ2) is 9.85. The highest BCUT2D eigenvalue weighted by atomic mass is 19.1. The topological polar surface area (TPSA) is 85.7 Å². The van der Waals surface area contributed by atoms with Crippen LogP contribution in [0.3, 0.4) is 0 Å². The van der Waals surface area contributed by atoms with Crippen LogP contribution in [0.5, 0.6) is 23.0 Å². The normalized spacial score (nSPS) is 18.3. The number of Topliss-reactive ketones (excluding diaryl/α,β-unsaturated/α-hetero) is 2. The van der Waals surface area contributed by atoms with E-state index < -0.39 is 17.0 Å². The SMILES string of the molecule is COc1cc2c(Oc3ccc(CC(=O)[C@@]4(C(=O)Cc5ccc(F)cc5)C[C@H]4C)cc3F)ccnc2cc1O. The van der Waals surface area contributed by atoms with Crippen molar-refractivity contribution >= 4 is 22.5 Å². The fraction of sp³-hybridized carbons (Fsp3) is 0.233. The van der Waals surface area contributed by atoms with Crippen LogP contribution in [0.1, 0.15) is 24.5 Å². The molecule has 0 aliphatic heterocycles. The van der Waals surface area contributed by atoms with Crippen LogP contribution in [-0.2, 0) is 22.4 Å². The molecule has 1 heterocycles. The molecule has 194 valence electrons. The van der Waals surface area contributed by atoms with E-state index in [1.54, 1.807) is 18.2 Å². The number of aromatic hydroxyl groups is 1. The van der Waals surface area contributed by atoms with Gasteiger partial charge in [0.2, 0.25) is 0 Å². The number of carbonyl (C=O) groups is 2. The number of ether oxygens (including phenoxy) is 2. The molecule has 2 atom stereocenters. The molecule has 3 aromatic carbocycles.